The van der Waals surface area contributed by atoms with Crippen LogP contribution < -0.4 is 10.6 Å². The lowest BCUT2D eigenvalue weighted by molar-refractivity contribution is -0.141. The first-order valence-electron chi connectivity index (χ1n) is 7.90. The molecule has 0 aliphatic rings. The summed E-state index contributed by atoms with van der Waals surface area (Å²) >= 11 is 0. The number of ketones is 1. The number of hydrogen-bond donors (Lipinski definition) is 3. The molecule has 144 valence electrons. The third-order valence-corrected chi connectivity index (χ3v) is 2.49. The van der Waals surface area contributed by atoms with Gasteiger partial charge >= 0.3 is 18.2 Å². The van der Waals surface area contributed by atoms with E-state index in [4.69, 9.17) is 14.6 Å². The number of aliphatic carboxylic acids is 1. The SMILES string of the molecule is CC(C)(C)OC(=O)NCCC(=O)CC(NC(=O)OC(C)(C)C)C(=O)O. The minimum atomic E-state index is -1.40. The lowest BCUT2D eigenvalue weighted by atomic mass is 10.1. The molecule has 0 spiro atoms. The summed E-state index contributed by atoms with van der Waals surface area (Å²) in [6.07, 6.45) is -2.08. The maximum absolute atomic E-state index is 11.8. The molecule has 0 saturated carbocycles. The van der Waals surface area contributed by atoms with Crippen molar-refractivity contribution in [3.63, 3.8) is 0 Å². The van der Waals surface area contributed by atoms with Gasteiger partial charge in [-0.05, 0) is 41.5 Å². The largest absolute Gasteiger partial charge is 0.480 e. The average molecular weight is 360 g/mol. The summed E-state index contributed by atoms with van der Waals surface area (Å²) in [5.74, 6) is -1.78. The van der Waals surface area contributed by atoms with Crippen LogP contribution in [0.2, 0.25) is 0 Å². The number of ether oxygens (including phenoxy) is 2. The first kappa shape index (κ1) is 22.7. The molecule has 25 heavy (non-hydrogen) atoms. The van der Waals surface area contributed by atoms with Crippen molar-refractivity contribution >= 4 is 23.9 Å². The van der Waals surface area contributed by atoms with Crippen LogP contribution in [0.25, 0.3) is 0 Å². The Morgan fingerprint density at radius 3 is 1.84 bits per heavy atom. The van der Waals surface area contributed by atoms with Crippen LogP contribution in [0.3, 0.4) is 0 Å². The van der Waals surface area contributed by atoms with Crippen LogP contribution in [-0.2, 0) is 19.1 Å². The molecule has 0 aromatic heterocycles. The Morgan fingerprint density at radius 2 is 1.40 bits per heavy atom. The van der Waals surface area contributed by atoms with Crippen LogP contribution in [0.5, 0.6) is 0 Å². The highest BCUT2D eigenvalue weighted by atomic mass is 16.6. The molecule has 3 N–H and O–H groups in total. The highest BCUT2D eigenvalue weighted by Crippen LogP contribution is 2.08. The quantitative estimate of drug-likeness (QED) is 0.631. The standard InChI is InChI=1S/C16H28N2O7/c1-15(2,3)24-13(22)17-8-7-10(19)9-11(12(20)21)18-14(23)25-16(4,5)6/h11H,7-9H2,1-6H3,(H,17,22)(H,18,23)(H,20,21). The maximum Gasteiger partial charge on any atom is 0.408 e. The fraction of sp³-hybridized carbons (Fsp3) is 0.750. The molecule has 0 heterocycles. The predicted molar refractivity (Wildman–Crippen MR) is 89.3 cm³/mol. The summed E-state index contributed by atoms with van der Waals surface area (Å²) in [4.78, 5) is 46.1. The van der Waals surface area contributed by atoms with Crippen LogP contribution in [0.4, 0.5) is 9.59 Å². The summed E-state index contributed by atoms with van der Waals surface area (Å²) in [5.41, 5.74) is -1.44. The second-order valence-corrected chi connectivity index (χ2v) is 7.46. The van der Waals surface area contributed by atoms with Gasteiger partial charge in [0.15, 0.2) is 0 Å². The van der Waals surface area contributed by atoms with E-state index in [-0.39, 0.29) is 13.0 Å². The second kappa shape index (κ2) is 9.24. The van der Waals surface area contributed by atoms with Crippen LogP contribution in [0, 0.1) is 0 Å². The van der Waals surface area contributed by atoms with E-state index in [1.807, 2.05) is 0 Å². The van der Waals surface area contributed by atoms with Crippen molar-refractivity contribution in [3.05, 3.63) is 0 Å². The molecule has 9 nitrogen and oxygen atoms in total. The van der Waals surface area contributed by atoms with Gasteiger partial charge in [-0.3, -0.25) is 4.79 Å². The van der Waals surface area contributed by atoms with E-state index in [0.717, 1.165) is 0 Å². The topological polar surface area (TPSA) is 131 Å². The summed E-state index contributed by atoms with van der Waals surface area (Å²) in [6, 6.07) is -1.40. The summed E-state index contributed by atoms with van der Waals surface area (Å²) in [7, 11) is 0. The molecular weight excluding hydrogens is 332 g/mol. The lowest BCUT2D eigenvalue weighted by Gasteiger charge is -2.21. The normalized spacial score (nSPS) is 12.7. The van der Waals surface area contributed by atoms with E-state index in [0.29, 0.717) is 0 Å². The van der Waals surface area contributed by atoms with Crippen LogP contribution in [0.1, 0.15) is 54.4 Å². The van der Waals surface area contributed by atoms with Gasteiger partial charge in [0.1, 0.15) is 23.0 Å². The number of alkyl carbamates (subject to hydrolysis) is 2. The number of carboxylic acids is 1. The predicted octanol–water partition coefficient (Wildman–Crippen LogP) is 1.84. The minimum Gasteiger partial charge on any atom is -0.480 e. The van der Waals surface area contributed by atoms with Gasteiger partial charge in [0.25, 0.3) is 0 Å². The summed E-state index contributed by atoms with van der Waals surface area (Å²) in [5, 5.41) is 13.6. The van der Waals surface area contributed by atoms with Gasteiger partial charge in [0.2, 0.25) is 0 Å². The number of carbonyl (C=O) groups excluding carboxylic acids is 3. The second-order valence-electron chi connectivity index (χ2n) is 7.46. The van der Waals surface area contributed by atoms with Gasteiger partial charge in [-0.25, -0.2) is 14.4 Å². The van der Waals surface area contributed by atoms with Crippen molar-refractivity contribution in [2.45, 2.75) is 71.6 Å². The summed E-state index contributed by atoms with van der Waals surface area (Å²) < 4.78 is 9.97. The van der Waals surface area contributed by atoms with Gasteiger partial charge in [-0.1, -0.05) is 0 Å². The summed E-state index contributed by atoms with van der Waals surface area (Å²) in [6.45, 7) is 10.0. The highest BCUT2D eigenvalue weighted by Gasteiger charge is 2.26. The Kier molecular flexibility index (Phi) is 8.38. The van der Waals surface area contributed by atoms with Gasteiger partial charge in [-0.15, -0.1) is 0 Å². The third-order valence-electron chi connectivity index (χ3n) is 2.49. The van der Waals surface area contributed by atoms with E-state index >= 15 is 0 Å². The number of nitrogens with one attached hydrogen (secondary N) is 2. The molecule has 0 saturated heterocycles. The van der Waals surface area contributed by atoms with Crippen LogP contribution in [0.15, 0.2) is 0 Å². The van der Waals surface area contributed by atoms with Gasteiger partial charge < -0.3 is 25.2 Å². The van der Waals surface area contributed by atoms with Crippen molar-refractivity contribution in [2.24, 2.45) is 0 Å². The Labute approximate surface area is 147 Å². The van der Waals surface area contributed by atoms with Gasteiger partial charge in [-0.2, -0.15) is 0 Å². The molecule has 1 atom stereocenters. The number of Topliss-reactive ketones (excluding diaryl/α,β-unsaturated/α-hetero) is 1. The highest BCUT2D eigenvalue weighted by molar-refractivity contribution is 5.88. The van der Waals surface area contributed by atoms with E-state index < -0.39 is 47.6 Å². The Hall–Kier alpha value is -2.32. The van der Waals surface area contributed by atoms with Crippen molar-refractivity contribution in [3.8, 4) is 0 Å². The maximum atomic E-state index is 11.8. The molecule has 0 bridgehead atoms. The van der Waals surface area contributed by atoms with Crippen molar-refractivity contribution in [1.82, 2.24) is 10.6 Å². The minimum absolute atomic E-state index is 0.00647. The van der Waals surface area contributed by atoms with E-state index in [1.54, 1.807) is 41.5 Å². The van der Waals surface area contributed by atoms with E-state index in [2.05, 4.69) is 10.6 Å². The van der Waals surface area contributed by atoms with Gasteiger partial charge in [0.05, 0.1) is 0 Å². The van der Waals surface area contributed by atoms with Crippen LogP contribution >= 0.6 is 0 Å². The number of rotatable bonds is 7. The van der Waals surface area contributed by atoms with Gasteiger partial charge in [0, 0.05) is 19.4 Å². The van der Waals surface area contributed by atoms with Crippen molar-refractivity contribution in [2.75, 3.05) is 6.54 Å². The number of amides is 2. The molecule has 1 unspecified atom stereocenters. The zero-order chi connectivity index (χ0) is 19.8. The fourth-order valence-electron chi connectivity index (χ4n) is 1.60. The van der Waals surface area contributed by atoms with Crippen LogP contribution in [-0.4, -0.2) is 52.8 Å². The molecule has 0 radical (unpaired) electrons. The Balaban J connectivity index is 4.36. The zero-order valence-corrected chi connectivity index (χ0v) is 15.6. The Morgan fingerprint density at radius 1 is 0.920 bits per heavy atom. The van der Waals surface area contributed by atoms with Crippen molar-refractivity contribution in [1.29, 1.82) is 0 Å². The molecule has 0 rings (SSSR count). The third kappa shape index (κ3) is 12.7. The lowest BCUT2D eigenvalue weighted by Crippen LogP contribution is -2.44. The average Bonchev–Trinajstić information content (AvgIpc) is 2.32. The zero-order valence-electron chi connectivity index (χ0n) is 15.6. The monoisotopic (exact) mass is 360 g/mol. The van der Waals surface area contributed by atoms with E-state index in [9.17, 15) is 19.2 Å². The molecule has 0 aliphatic carbocycles. The number of carbonyl (C=O) groups is 4. The molecule has 0 fully saturated rings. The molecular formula is C16H28N2O7. The first-order chi connectivity index (χ1) is 11.2. The number of hydrogen-bond acceptors (Lipinski definition) is 6. The smallest absolute Gasteiger partial charge is 0.408 e. The van der Waals surface area contributed by atoms with E-state index in [1.165, 1.54) is 0 Å². The molecule has 9 heteroatoms. The number of carboxylic acid groups (broad SMARTS) is 1. The van der Waals surface area contributed by atoms with Crippen molar-refractivity contribution < 1.29 is 33.8 Å². The molecule has 2 amide bonds. The fourth-order valence-corrected chi connectivity index (χ4v) is 1.60. The molecule has 0 aromatic carbocycles. The molecule has 0 aromatic rings. The molecule has 0 aliphatic heterocycles. The first-order valence-corrected chi connectivity index (χ1v) is 7.90. The Bertz CT molecular complexity index is 504.